The van der Waals surface area contributed by atoms with E-state index in [9.17, 15) is 0 Å². The second-order valence-corrected chi connectivity index (χ2v) is 15.3. The first-order valence-corrected chi connectivity index (χ1v) is 20.3. The van der Waals surface area contributed by atoms with Crippen LogP contribution in [0, 0.1) is 0 Å². The molecule has 2 heteroatoms. The van der Waals surface area contributed by atoms with Crippen LogP contribution in [0.5, 0.6) is 0 Å². The van der Waals surface area contributed by atoms with Gasteiger partial charge >= 0.3 is 0 Å². The van der Waals surface area contributed by atoms with Gasteiger partial charge in [-0.05, 0) is 134 Å². The largest absolute Gasteiger partial charge is 0.310 e. The third kappa shape index (κ3) is 5.72. The SMILES string of the molecule is c1ccc(N(c2ccccc2)c2cccc(N(c3ccccc3)c3ccc4c(c3)C(c3ccccc3)(c3ccccc3)c3cc5c(ccc6ccccc65)cc3-4)c2)cc1. The number of hydrogen-bond acceptors (Lipinski definition) is 2. The minimum Gasteiger partial charge on any atom is -0.310 e. The molecule has 278 valence electrons. The molecule has 59 heavy (non-hydrogen) atoms. The molecule has 0 radical (unpaired) electrons. The molecule has 11 rings (SSSR count). The molecule has 10 aromatic rings. The van der Waals surface area contributed by atoms with Gasteiger partial charge in [0.25, 0.3) is 0 Å². The van der Waals surface area contributed by atoms with Gasteiger partial charge in [0.05, 0.1) is 5.41 Å². The van der Waals surface area contributed by atoms with Crippen molar-refractivity contribution in [2.24, 2.45) is 0 Å². The maximum Gasteiger partial charge on any atom is 0.0714 e. The Kier molecular flexibility index (Phi) is 8.41. The molecule has 0 bridgehead atoms. The van der Waals surface area contributed by atoms with Crippen LogP contribution in [-0.4, -0.2) is 0 Å². The van der Waals surface area contributed by atoms with Gasteiger partial charge in [-0.15, -0.1) is 0 Å². The third-order valence-corrected chi connectivity index (χ3v) is 12.0. The number of hydrogen-bond donors (Lipinski definition) is 0. The smallest absolute Gasteiger partial charge is 0.0714 e. The first-order chi connectivity index (χ1) is 29.3. The second kappa shape index (κ2) is 14.4. The van der Waals surface area contributed by atoms with Crippen LogP contribution in [-0.2, 0) is 5.41 Å². The summed E-state index contributed by atoms with van der Waals surface area (Å²) in [5.41, 5.74) is 13.6. The monoisotopic (exact) mass is 752 g/mol. The van der Waals surface area contributed by atoms with E-state index in [1.165, 1.54) is 54.9 Å². The number of nitrogens with zero attached hydrogens (tertiary/aromatic N) is 2. The average Bonchev–Trinajstić information content (AvgIpc) is 3.59. The number of anilines is 6. The molecule has 0 spiro atoms. The van der Waals surface area contributed by atoms with Gasteiger partial charge < -0.3 is 9.80 Å². The minimum atomic E-state index is -0.573. The third-order valence-electron chi connectivity index (χ3n) is 12.0. The molecule has 0 N–H and O–H groups in total. The summed E-state index contributed by atoms with van der Waals surface area (Å²) in [5.74, 6) is 0. The van der Waals surface area contributed by atoms with Crippen molar-refractivity contribution in [3.8, 4) is 11.1 Å². The number of para-hydroxylation sites is 3. The Labute approximate surface area is 345 Å². The predicted octanol–water partition coefficient (Wildman–Crippen LogP) is 15.3. The number of rotatable bonds is 8. The second-order valence-electron chi connectivity index (χ2n) is 15.3. The molecule has 0 aromatic heterocycles. The molecule has 0 heterocycles. The number of fused-ring (bicyclic) bond motifs is 6. The Morgan fingerprint density at radius 2 is 0.695 bits per heavy atom. The first-order valence-electron chi connectivity index (χ1n) is 20.3. The molecule has 0 amide bonds. The van der Waals surface area contributed by atoms with E-state index in [0.717, 1.165) is 34.1 Å². The Hall–Kier alpha value is -7.68. The molecular weight excluding hydrogens is 713 g/mol. The lowest BCUT2D eigenvalue weighted by Crippen LogP contribution is -2.28. The van der Waals surface area contributed by atoms with Crippen molar-refractivity contribution in [1.29, 1.82) is 0 Å². The summed E-state index contributed by atoms with van der Waals surface area (Å²) < 4.78 is 0. The van der Waals surface area contributed by atoms with Crippen molar-refractivity contribution < 1.29 is 0 Å². The topological polar surface area (TPSA) is 6.48 Å². The minimum absolute atomic E-state index is 0.573. The maximum atomic E-state index is 2.49. The number of benzene rings is 10. The summed E-state index contributed by atoms with van der Waals surface area (Å²) in [6.07, 6.45) is 0. The molecule has 0 fully saturated rings. The summed E-state index contributed by atoms with van der Waals surface area (Å²) in [5, 5.41) is 5.05. The van der Waals surface area contributed by atoms with E-state index in [1.807, 2.05) is 0 Å². The van der Waals surface area contributed by atoms with Gasteiger partial charge in [0.15, 0.2) is 0 Å². The summed E-state index contributed by atoms with van der Waals surface area (Å²) >= 11 is 0. The van der Waals surface area contributed by atoms with Gasteiger partial charge in [0, 0.05) is 34.1 Å². The quantitative estimate of drug-likeness (QED) is 0.143. The van der Waals surface area contributed by atoms with Crippen molar-refractivity contribution in [3.63, 3.8) is 0 Å². The molecule has 0 unspecified atom stereocenters. The first kappa shape index (κ1) is 34.6. The highest BCUT2D eigenvalue weighted by molar-refractivity contribution is 6.10. The van der Waals surface area contributed by atoms with E-state index in [2.05, 4.69) is 252 Å². The summed E-state index contributed by atoms with van der Waals surface area (Å²) in [7, 11) is 0. The van der Waals surface area contributed by atoms with E-state index in [1.54, 1.807) is 0 Å². The fraction of sp³-hybridized carbons (Fsp3) is 0.0175. The van der Waals surface area contributed by atoms with Crippen molar-refractivity contribution in [3.05, 3.63) is 265 Å². The van der Waals surface area contributed by atoms with Gasteiger partial charge in [0.2, 0.25) is 0 Å². The zero-order valence-corrected chi connectivity index (χ0v) is 32.5. The van der Waals surface area contributed by atoms with Crippen LogP contribution >= 0.6 is 0 Å². The zero-order chi connectivity index (χ0) is 39.2. The fourth-order valence-electron chi connectivity index (χ4n) is 9.51. The Bertz CT molecular complexity index is 3010. The summed E-state index contributed by atoms with van der Waals surface area (Å²) in [6.45, 7) is 0. The van der Waals surface area contributed by atoms with E-state index >= 15 is 0 Å². The summed E-state index contributed by atoms with van der Waals surface area (Å²) in [4.78, 5) is 4.74. The maximum absolute atomic E-state index is 2.49. The van der Waals surface area contributed by atoms with Gasteiger partial charge in [0.1, 0.15) is 0 Å². The lowest BCUT2D eigenvalue weighted by molar-refractivity contribution is 0.769. The van der Waals surface area contributed by atoms with Gasteiger partial charge in [-0.25, -0.2) is 0 Å². The normalized spacial score (nSPS) is 12.5. The van der Waals surface area contributed by atoms with Gasteiger partial charge in [-0.2, -0.15) is 0 Å². The molecule has 0 atom stereocenters. The average molecular weight is 753 g/mol. The molecule has 2 nitrogen and oxygen atoms in total. The van der Waals surface area contributed by atoms with Crippen LogP contribution in [0.15, 0.2) is 243 Å². The van der Waals surface area contributed by atoms with Crippen molar-refractivity contribution in [2.75, 3.05) is 9.80 Å². The van der Waals surface area contributed by atoms with Crippen LogP contribution in [0.1, 0.15) is 22.3 Å². The molecule has 1 aliphatic rings. The lowest BCUT2D eigenvalue weighted by atomic mass is 9.67. The Balaban J connectivity index is 1.17. The Morgan fingerprint density at radius 1 is 0.254 bits per heavy atom. The van der Waals surface area contributed by atoms with Gasteiger partial charge in [-0.3, -0.25) is 0 Å². The van der Waals surface area contributed by atoms with E-state index in [-0.39, 0.29) is 0 Å². The van der Waals surface area contributed by atoms with E-state index in [0.29, 0.717) is 0 Å². The highest BCUT2D eigenvalue weighted by Crippen LogP contribution is 2.58. The Morgan fingerprint density at radius 3 is 1.27 bits per heavy atom. The highest BCUT2D eigenvalue weighted by atomic mass is 15.2. The molecule has 0 aliphatic heterocycles. The van der Waals surface area contributed by atoms with Crippen LogP contribution in [0.4, 0.5) is 34.1 Å². The fourth-order valence-corrected chi connectivity index (χ4v) is 9.51. The van der Waals surface area contributed by atoms with Crippen molar-refractivity contribution in [2.45, 2.75) is 5.41 Å². The van der Waals surface area contributed by atoms with Crippen LogP contribution in [0.3, 0.4) is 0 Å². The molecule has 10 aromatic carbocycles. The van der Waals surface area contributed by atoms with Gasteiger partial charge in [-0.1, -0.05) is 164 Å². The van der Waals surface area contributed by atoms with Crippen molar-refractivity contribution in [1.82, 2.24) is 0 Å². The van der Waals surface area contributed by atoms with E-state index in [4.69, 9.17) is 0 Å². The highest BCUT2D eigenvalue weighted by Gasteiger charge is 2.46. The van der Waals surface area contributed by atoms with Crippen LogP contribution < -0.4 is 9.80 Å². The predicted molar refractivity (Wildman–Crippen MR) is 248 cm³/mol. The van der Waals surface area contributed by atoms with Crippen LogP contribution in [0.2, 0.25) is 0 Å². The van der Waals surface area contributed by atoms with Crippen molar-refractivity contribution >= 4 is 55.7 Å². The summed E-state index contributed by atoms with van der Waals surface area (Å²) in [6, 6.07) is 88.6. The van der Waals surface area contributed by atoms with E-state index < -0.39 is 5.41 Å². The standard InChI is InChI=1S/C57H40N2/c1-6-20-43(21-7-1)57(44-22-8-2-9-23-44)55-39-50(35-36-52(55)54-37-42-34-33-41-19-16-17-32-51(41)53(42)40-56(54)57)59(47-28-14-5-15-29-47)49-31-18-30-48(38-49)58(45-24-10-3-11-25-45)46-26-12-4-13-27-46/h1-40H. The lowest BCUT2D eigenvalue weighted by Gasteiger charge is -2.35. The van der Waals surface area contributed by atoms with Crippen LogP contribution in [0.25, 0.3) is 32.7 Å². The molecule has 0 saturated carbocycles. The zero-order valence-electron chi connectivity index (χ0n) is 32.5. The molecule has 1 aliphatic carbocycles. The molecule has 0 saturated heterocycles. The molecular formula is C57H40N2.